The second-order valence-corrected chi connectivity index (χ2v) is 9.97. The number of para-hydroxylation sites is 1. The number of benzene rings is 2. The highest BCUT2D eigenvalue weighted by atomic mass is 32.2. The molecule has 1 saturated heterocycles. The molecular formula is C26H29N5O4S. The van der Waals surface area contributed by atoms with E-state index in [4.69, 9.17) is 4.74 Å². The smallest absolute Gasteiger partial charge is 0.336 e. The minimum absolute atomic E-state index is 0.00907. The first-order valence-electron chi connectivity index (χ1n) is 12.2. The SMILES string of the molecule is O=C(O)c1ccccc1C(=O)NCCCCSC1=NN=C2c3ccccc3N[C@H]2N1C[C@H]1CCCO1. The van der Waals surface area contributed by atoms with E-state index in [1.165, 1.54) is 12.1 Å². The van der Waals surface area contributed by atoms with Crippen molar-refractivity contribution >= 4 is 40.2 Å². The van der Waals surface area contributed by atoms with Gasteiger partial charge in [0.2, 0.25) is 0 Å². The average Bonchev–Trinajstić information content (AvgIpc) is 3.54. The summed E-state index contributed by atoms with van der Waals surface area (Å²) >= 11 is 1.66. The molecule has 3 N–H and O–H groups in total. The first-order valence-corrected chi connectivity index (χ1v) is 13.2. The number of fused-ring (bicyclic) bond motifs is 3. The topological polar surface area (TPSA) is 116 Å². The Balaban J connectivity index is 1.15. The van der Waals surface area contributed by atoms with Gasteiger partial charge in [0, 0.05) is 36.7 Å². The summed E-state index contributed by atoms with van der Waals surface area (Å²) in [6.07, 6.45) is 3.90. The Labute approximate surface area is 214 Å². The van der Waals surface area contributed by atoms with Gasteiger partial charge in [-0.1, -0.05) is 42.1 Å². The summed E-state index contributed by atoms with van der Waals surface area (Å²) in [5.41, 5.74) is 3.29. The number of unbranched alkanes of at least 4 members (excludes halogenated alkanes) is 1. The summed E-state index contributed by atoms with van der Waals surface area (Å²) < 4.78 is 5.92. The average molecular weight is 508 g/mol. The van der Waals surface area contributed by atoms with Crippen molar-refractivity contribution in [3.8, 4) is 0 Å². The fourth-order valence-electron chi connectivity index (χ4n) is 4.65. The molecule has 3 heterocycles. The molecule has 10 heteroatoms. The van der Waals surface area contributed by atoms with Gasteiger partial charge in [-0.3, -0.25) is 4.79 Å². The van der Waals surface area contributed by atoms with Crippen molar-refractivity contribution in [1.29, 1.82) is 0 Å². The molecule has 2 aromatic carbocycles. The Bertz CT molecular complexity index is 1190. The molecule has 36 heavy (non-hydrogen) atoms. The Kier molecular flexibility index (Phi) is 7.52. The molecule has 2 aromatic rings. The summed E-state index contributed by atoms with van der Waals surface area (Å²) in [5, 5.41) is 25.7. The Hall–Kier alpha value is -3.37. The zero-order valence-corrected chi connectivity index (χ0v) is 20.7. The van der Waals surface area contributed by atoms with Crippen LogP contribution in [0.25, 0.3) is 0 Å². The lowest BCUT2D eigenvalue weighted by molar-refractivity contribution is 0.0691. The monoisotopic (exact) mass is 507 g/mol. The van der Waals surface area contributed by atoms with Crippen LogP contribution in [0, 0.1) is 0 Å². The van der Waals surface area contributed by atoms with E-state index in [1.807, 2.05) is 12.1 Å². The highest BCUT2D eigenvalue weighted by Crippen LogP contribution is 2.32. The van der Waals surface area contributed by atoms with Crippen LogP contribution in [0.2, 0.25) is 0 Å². The van der Waals surface area contributed by atoms with Gasteiger partial charge >= 0.3 is 5.97 Å². The van der Waals surface area contributed by atoms with Crippen LogP contribution < -0.4 is 10.6 Å². The number of aromatic carboxylic acids is 1. The van der Waals surface area contributed by atoms with Crippen LogP contribution in [-0.4, -0.2) is 70.5 Å². The fraction of sp³-hybridized carbons (Fsp3) is 0.385. The van der Waals surface area contributed by atoms with Gasteiger partial charge in [-0.05, 0) is 43.9 Å². The number of nitrogens with zero attached hydrogens (tertiary/aromatic N) is 3. The molecule has 0 bridgehead atoms. The van der Waals surface area contributed by atoms with Crippen LogP contribution in [0.1, 0.15) is 52.0 Å². The first-order chi connectivity index (χ1) is 17.6. The standard InChI is InChI=1S/C26H29N5O4S/c32-24(18-9-1-2-10-19(18)25(33)34)27-13-5-6-15-36-26-30-29-22-20-11-3-4-12-21(20)28-23(22)31(26)16-17-8-7-14-35-17/h1-4,9-12,17,23,28H,5-8,13-16H2,(H,27,32)(H,33,34)/t17-,23+/m1/s1. The lowest BCUT2D eigenvalue weighted by Gasteiger charge is -2.35. The van der Waals surface area contributed by atoms with E-state index >= 15 is 0 Å². The molecule has 3 aliphatic heterocycles. The molecule has 0 spiro atoms. The van der Waals surface area contributed by atoms with E-state index in [2.05, 4.69) is 37.9 Å². The summed E-state index contributed by atoms with van der Waals surface area (Å²) in [7, 11) is 0. The van der Waals surface area contributed by atoms with Crippen LogP contribution in [-0.2, 0) is 4.74 Å². The number of anilines is 1. The molecule has 5 rings (SSSR count). The number of carboxylic acids is 1. The second-order valence-electron chi connectivity index (χ2n) is 8.91. The van der Waals surface area contributed by atoms with Crippen molar-refractivity contribution in [2.45, 2.75) is 38.0 Å². The van der Waals surface area contributed by atoms with Crippen molar-refractivity contribution in [1.82, 2.24) is 10.2 Å². The maximum atomic E-state index is 12.4. The number of amides is 1. The predicted molar refractivity (Wildman–Crippen MR) is 141 cm³/mol. The van der Waals surface area contributed by atoms with Gasteiger partial charge in [-0.25, -0.2) is 4.79 Å². The molecule has 0 saturated carbocycles. The number of ether oxygens (including phenoxy) is 1. The number of carbonyl (C=O) groups is 2. The molecule has 0 radical (unpaired) electrons. The van der Waals surface area contributed by atoms with E-state index in [0.717, 1.165) is 66.7 Å². The molecule has 0 aromatic heterocycles. The van der Waals surface area contributed by atoms with Gasteiger partial charge in [-0.2, -0.15) is 0 Å². The van der Waals surface area contributed by atoms with E-state index in [9.17, 15) is 14.7 Å². The number of hydrogen-bond acceptors (Lipinski definition) is 8. The molecule has 1 fully saturated rings. The Morgan fingerprint density at radius 3 is 2.72 bits per heavy atom. The third kappa shape index (κ3) is 5.24. The normalized spacial score (nSPS) is 20.2. The first kappa shape index (κ1) is 24.3. The van der Waals surface area contributed by atoms with Gasteiger partial charge in [-0.15, -0.1) is 10.2 Å². The number of carboxylic acid groups (broad SMARTS) is 1. The number of thioether (sulfide) groups is 1. The largest absolute Gasteiger partial charge is 0.478 e. The lowest BCUT2D eigenvalue weighted by atomic mass is 10.1. The van der Waals surface area contributed by atoms with Crippen LogP contribution in [0.5, 0.6) is 0 Å². The molecule has 2 atom stereocenters. The van der Waals surface area contributed by atoms with Crippen LogP contribution >= 0.6 is 11.8 Å². The quantitative estimate of drug-likeness (QED) is 0.444. The van der Waals surface area contributed by atoms with Crippen molar-refractivity contribution in [3.05, 3.63) is 65.2 Å². The van der Waals surface area contributed by atoms with Crippen LogP contribution in [0.4, 0.5) is 5.69 Å². The predicted octanol–water partition coefficient (Wildman–Crippen LogP) is 3.63. The third-order valence-corrected chi connectivity index (χ3v) is 7.54. The van der Waals surface area contributed by atoms with Gasteiger partial charge in [0.05, 0.1) is 17.2 Å². The third-order valence-electron chi connectivity index (χ3n) is 6.47. The minimum atomic E-state index is -1.11. The Morgan fingerprint density at radius 1 is 1.11 bits per heavy atom. The summed E-state index contributed by atoms with van der Waals surface area (Å²) in [6.45, 7) is 2.04. The highest BCUT2D eigenvalue weighted by molar-refractivity contribution is 8.13. The number of nitrogens with one attached hydrogen (secondary N) is 2. The fourth-order valence-corrected chi connectivity index (χ4v) is 5.63. The summed E-state index contributed by atoms with van der Waals surface area (Å²) in [6, 6.07) is 14.4. The summed E-state index contributed by atoms with van der Waals surface area (Å²) in [5.74, 6) is -0.648. The molecule has 188 valence electrons. The van der Waals surface area contributed by atoms with E-state index in [1.54, 1.807) is 23.9 Å². The number of carbonyl (C=O) groups excluding carboxylic acids is 1. The molecule has 0 aliphatic carbocycles. The lowest BCUT2D eigenvalue weighted by Crippen LogP contribution is -2.50. The Morgan fingerprint density at radius 2 is 1.92 bits per heavy atom. The van der Waals surface area contributed by atoms with E-state index in [-0.39, 0.29) is 29.3 Å². The van der Waals surface area contributed by atoms with E-state index in [0.29, 0.717) is 6.54 Å². The number of amidine groups is 1. The molecule has 9 nitrogen and oxygen atoms in total. The molecule has 0 unspecified atom stereocenters. The molecule has 1 amide bonds. The number of hydrogen-bond donors (Lipinski definition) is 3. The van der Waals surface area contributed by atoms with Crippen LogP contribution in [0.3, 0.4) is 0 Å². The zero-order valence-electron chi connectivity index (χ0n) is 19.9. The van der Waals surface area contributed by atoms with Gasteiger partial charge in [0.25, 0.3) is 5.91 Å². The highest BCUT2D eigenvalue weighted by Gasteiger charge is 2.38. The van der Waals surface area contributed by atoms with Crippen molar-refractivity contribution in [2.24, 2.45) is 10.2 Å². The van der Waals surface area contributed by atoms with Crippen LogP contribution in [0.15, 0.2) is 58.7 Å². The molecule has 3 aliphatic rings. The molecular weight excluding hydrogens is 478 g/mol. The second kappa shape index (κ2) is 11.1. The number of rotatable bonds is 9. The van der Waals surface area contributed by atoms with Crippen molar-refractivity contribution in [2.75, 3.05) is 30.8 Å². The summed E-state index contributed by atoms with van der Waals surface area (Å²) in [4.78, 5) is 26.0. The van der Waals surface area contributed by atoms with E-state index < -0.39 is 5.97 Å². The van der Waals surface area contributed by atoms with Gasteiger partial charge < -0.3 is 25.4 Å². The van der Waals surface area contributed by atoms with Gasteiger partial charge in [0.15, 0.2) is 5.17 Å². The maximum absolute atomic E-state index is 12.4. The maximum Gasteiger partial charge on any atom is 0.336 e. The minimum Gasteiger partial charge on any atom is -0.478 e. The van der Waals surface area contributed by atoms with Crippen molar-refractivity contribution in [3.63, 3.8) is 0 Å². The zero-order chi connectivity index (χ0) is 24.9. The van der Waals surface area contributed by atoms with Crippen molar-refractivity contribution < 1.29 is 19.4 Å². The van der Waals surface area contributed by atoms with Gasteiger partial charge in [0.1, 0.15) is 11.9 Å².